The Morgan fingerprint density at radius 3 is 1.56 bits per heavy atom. The predicted octanol–water partition coefficient (Wildman–Crippen LogP) is 9.10. The van der Waals surface area contributed by atoms with Gasteiger partial charge in [0.15, 0.2) is 18.9 Å². The van der Waals surface area contributed by atoms with Crippen molar-refractivity contribution in [2.24, 2.45) is 0 Å². The molecule has 3 aliphatic heterocycles. The quantitative estimate of drug-likeness (QED) is 0.0886. The summed E-state index contributed by atoms with van der Waals surface area (Å²) in [7, 11) is 1.61. The zero-order valence-corrected chi connectivity index (χ0v) is 35.1. The second-order valence-corrected chi connectivity index (χ2v) is 16.0. The molecular weight excluding hydrogens is 785 g/mol. The maximum Gasteiger partial charge on any atom is 0.187 e. The zero-order chi connectivity index (χ0) is 42.1. The molecule has 1 unspecified atom stereocenters. The van der Waals surface area contributed by atoms with Crippen LogP contribution in [0.2, 0.25) is 0 Å². The molecule has 9 rings (SSSR count). The molecule has 0 aliphatic carbocycles. The summed E-state index contributed by atoms with van der Waals surface area (Å²) in [5.74, 6) is 0. The van der Waals surface area contributed by atoms with Crippen molar-refractivity contribution in [2.75, 3.05) is 13.7 Å². The molecule has 11 atom stereocenters. The molecule has 62 heavy (non-hydrogen) atoms. The molecule has 10 nitrogen and oxygen atoms in total. The normalized spacial score (nSPS) is 28.5. The number of ether oxygens (including phenoxy) is 10. The van der Waals surface area contributed by atoms with Gasteiger partial charge in [0.05, 0.1) is 39.1 Å². The highest BCUT2D eigenvalue weighted by molar-refractivity contribution is 5.83. The minimum absolute atomic E-state index is 0.221. The second-order valence-electron chi connectivity index (χ2n) is 16.0. The van der Waals surface area contributed by atoms with E-state index in [1.165, 1.54) is 0 Å². The van der Waals surface area contributed by atoms with Crippen LogP contribution < -0.4 is 0 Å². The van der Waals surface area contributed by atoms with Crippen molar-refractivity contribution in [1.82, 2.24) is 0 Å². The second kappa shape index (κ2) is 20.6. The molecule has 322 valence electrons. The summed E-state index contributed by atoms with van der Waals surface area (Å²) in [6, 6.07) is 54.7. The van der Waals surface area contributed by atoms with Gasteiger partial charge >= 0.3 is 0 Å². The fourth-order valence-corrected chi connectivity index (χ4v) is 8.50. The Bertz CT molecular complexity index is 2260. The van der Waals surface area contributed by atoms with Gasteiger partial charge in [0.25, 0.3) is 0 Å². The molecule has 3 saturated heterocycles. The Morgan fingerprint density at radius 2 is 0.968 bits per heavy atom. The van der Waals surface area contributed by atoms with Gasteiger partial charge in [-0.25, -0.2) is 0 Å². The van der Waals surface area contributed by atoms with E-state index in [2.05, 4.69) is 24.3 Å². The summed E-state index contributed by atoms with van der Waals surface area (Å²) in [5, 5.41) is 2.22. The number of methoxy groups -OCH3 is 1. The van der Waals surface area contributed by atoms with Crippen LogP contribution in [0, 0.1) is 0 Å². The van der Waals surface area contributed by atoms with Crippen LogP contribution in [0.1, 0.15) is 41.0 Å². The van der Waals surface area contributed by atoms with Crippen molar-refractivity contribution >= 4 is 10.8 Å². The monoisotopic (exact) mass is 838 g/mol. The molecule has 3 heterocycles. The van der Waals surface area contributed by atoms with Crippen LogP contribution in [0.4, 0.5) is 0 Å². The van der Waals surface area contributed by atoms with Crippen molar-refractivity contribution in [1.29, 1.82) is 0 Å². The van der Waals surface area contributed by atoms with E-state index >= 15 is 0 Å². The highest BCUT2D eigenvalue weighted by atomic mass is 16.8. The summed E-state index contributed by atoms with van der Waals surface area (Å²) in [4.78, 5) is 0. The van der Waals surface area contributed by atoms with E-state index < -0.39 is 67.7 Å². The van der Waals surface area contributed by atoms with Crippen LogP contribution in [0.25, 0.3) is 10.8 Å². The van der Waals surface area contributed by atoms with Crippen molar-refractivity contribution in [3.63, 3.8) is 0 Å². The Labute approximate surface area is 363 Å². The molecule has 0 amide bonds. The molecule has 3 aliphatic rings. The topological polar surface area (TPSA) is 92.3 Å². The lowest BCUT2D eigenvalue weighted by Gasteiger charge is -2.48. The average molecular weight is 839 g/mol. The number of hydrogen-bond acceptors (Lipinski definition) is 10. The highest BCUT2D eigenvalue weighted by Gasteiger charge is 2.57. The average Bonchev–Trinajstić information content (AvgIpc) is 3.78. The van der Waals surface area contributed by atoms with Gasteiger partial charge < -0.3 is 47.4 Å². The van der Waals surface area contributed by atoms with Crippen LogP contribution in [0.5, 0.6) is 0 Å². The van der Waals surface area contributed by atoms with Gasteiger partial charge in [-0.1, -0.05) is 158 Å². The van der Waals surface area contributed by atoms with Crippen LogP contribution in [-0.2, 0) is 73.8 Å². The maximum absolute atomic E-state index is 7.11. The summed E-state index contributed by atoms with van der Waals surface area (Å²) < 4.78 is 67.1. The molecule has 10 heteroatoms. The first-order chi connectivity index (χ1) is 30.6. The fourth-order valence-electron chi connectivity index (χ4n) is 8.50. The Balaban J connectivity index is 1.02. The molecule has 0 spiro atoms. The molecule has 0 aromatic heterocycles. The smallest absolute Gasteiger partial charge is 0.187 e. The Kier molecular flexibility index (Phi) is 14.1. The molecular formula is C52H54O10. The summed E-state index contributed by atoms with van der Waals surface area (Å²) in [5.41, 5.74) is 4.99. The van der Waals surface area contributed by atoms with Gasteiger partial charge in [0.2, 0.25) is 0 Å². The molecule has 0 radical (unpaired) electrons. The lowest BCUT2D eigenvalue weighted by molar-refractivity contribution is -0.365. The molecule has 0 saturated carbocycles. The van der Waals surface area contributed by atoms with E-state index in [0.717, 1.165) is 38.6 Å². The molecule has 6 aromatic rings. The standard InChI is InChI=1S/C52H54O10/c1-35-44(55-31-37-19-9-4-10-20-37)47-49(61-50(60-47)42-28-27-40-25-15-16-26-41(40)29-42)52(58-35)62-48-46(57-33-39-23-13-6-14-24-39)45(56-32-38-21-11-5-12-22-38)43(59-51(48)53-2)34-54-30-36-17-7-3-8-18-36/h3-29,35,43-52H,30-34H2,1-2H3/t35-,43+,44-,45+,46-,47+,48-,49+,50?,51-,52+/m0/s1. The van der Waals surface area contributed by atoms with E-state index in [0.29, 0.717) is 19.8 Å². The van der Waals surface area contributed by atoms with Crippen LogP contribution in [0.15, 0.2) is 164 Å². The number of hydrogen-bond donors (Lipinski definition) is 0. The third-order valence-corrected chi connectivity index (χ3v) is 11.7. The van der Waals surface area contributed by atoms with Crippen molar-refractivity contribution < 1.29 is 47.4 Å². The minimum atomic E-state index is -0.924. The lowest BCUT2D eigenvalue weighted by atomic mass is 9.96. The number of fused-ring (bicyclic) bond motifs is 2. The summed E-state index contributed by atoms with van der Waals surface area (Å²) >= 11 is 0. The molecule has 3 fully saturated rings. The number of rotatable bonds is 17. The van der Waals surface area contributed by atoms with Crippen LogP contribution in [-0.4, -0.2) is 75.1 Å². The van der Waals surface area contributed by atoms with Crippen LogP contribution in [0.3, 0.4) is 0 Å². The fraction of sp³-hybridized carbons (Fsp3) is 0.346. The van der Waals surface area contributed by atoms with E-state index in [4.69, 9.17) is 47.4 Å². The first-order valence-corrected chi connectivity index (χ1v) is 21.5. The van der Waals surface area contributed by atoms with E-state index in [1.54, 1.807) is 7.11 Å². The van der Waals surface area contributed by atoms with Gasteiger partial charge in [0, 0.05) is 12.7 Å². The van der Waals surface area contributed by atoms with Gasteiger partial charge in [-0.2, -0.15) is 0 Å². The molecule has 6 aromatic carbocycles. The van der Waals surface area contributed by atoms with Crippen molar-refractivity contribution in [3.05, 3.63) is 192 Å². The third-order valence-electron chi connectivity index (χ3n) is 11.7. The first-order valence-electron chi connectivity index (χ1n) is 21.5. The van der Waals surface area contributed by atoms with Crippen LogP contribution >= 0.6 is 0 Å². The molecule has 0 N–H and O–H groups in total. The molecule has 0 bridgehead atoms. The number of benzene rings is 6. The van der Waals surface area contributed by atoms with E-state index in [1.807, 2.05) is 146 Å². The van der Waals surface area contributed by atoms with Gasteiger partial charge in [-0.3, -0.25) is 0 Å². The van der Waals surface area contributed by atoms with E-state index in [-0.39, 0.29) is 13.2 Å². The zero-order valence-electron chi connectivity index (χ0n) is 35.1. The van der Waals surface area contributed by atoms with Gasteiger partial charge in [0.1, 0.15) is 42.7 Å². The lowest BCUT2D eigenvalue weighted by Crippen LogP contribution is -2.64. The van der Waals surface area contributed by atoms with Crippen molar-refractivity contribution in [3.8, 4) is 0 Å². The largest absolute Gasteiger partial charge is 0.374 e. The third kappa shape index (κ3) is 10.2. The Hall–Kier alpha value is -4.82. The Morgan fingerprint density at radius 1 is 0.452 bits per heavy atom. The van der Waals surface area contributed by atoms with Crippen molar-refractivity contribution in [2.45, 2.75) is 101 Å². The first kappa shape index (κ1) is 42.5. The maximum atomic E-state index is 7.11. The van der Waals surface area contributed by atoms with E-state index in [9.17, 15) is 0 Å². The highest BCUT2D eigenvalue weighted by Crippen LogP contribution is 2.43. The minimum Gasteiger partial charge on any atom is -0.374 e. The predicted molar refractivity (Wildman–Crippen MR) is 232 cm³/mol. The summed E-state index contributed by atoms with van der Waals surface area (Å²) in [6.45, 7) is 3.58. The van der Waals surface area contributed by atoms with Gasteiger partial charge in [-0.05, 0) is 46.0 Å². The SMILES string of the molecule is CO[C@H]1O[C@H](COCc2ccccc2)[C@@H](OCc2ccccc2)[C@H](OCc2ccccc2)[C@@H]1O[C@H]1O[C@@H](C)[C@H](OCc2ccccc2)[C@H]2OC(c3ccc4ccccc4c3)O[C@@H]12. The van der Waals surface area contributed by atoms with Gasteiger partial charge in [-0.15, -0.1) is 0 Å². The summed E-state index contributed by atoms with van der Waals surface area (Å²) in [6.07, 6.45) is -7.41.